The summed E-state index contributed by atoms with van der Waals surface area (Å²) in [5.41, 5.74) is 6.40. The highest BCUT2D eigenvalue weighted by Gasteiger charge is 2.21. The number of thioether (sulfide) groups is 1. The molecule has 2 N–H and O–H groups in total. The first kappa shape index (κ1) is 18.2. The summed E-state index contributed by atoms with van der Waals surface area (Å²) in [6, 6.07) is 7.78. The number of amides is 1. The highest BCUT2D eigenvalue weighted by Crippen LogP contribution is 2.25. The maximum absolute atomic E-state index is 11.1. The van der Waals surface area contributed by atoms with Crippen LogP contribution in [0.25, 0.3) is 0 Å². The second-order valence-electron chi connectivity index (χ2n) is 6.03. The summed E-state index contributed by atoms with van der Waals surface area (Å²) in [5.74, 6) is 1.20. The molecule has 1 atom stereocenters. The Hall–Kier alpha value is -1.57. The molecule has 0 spiro atoms. The minimum Gasteiger partial charge on any atom is -0.376 e. The highest BCUT2D eigenvalue weighted by molar-refractivity contribution is 7.98. The lowest BCUT2D eigenvalue weighted by Gasteiger charge is -2.14. The van der Waals surface area contributed by atoms with Gasteiger partial charge in [-0.3, -0.25) is 4.79 Å². The highest BCUT2D eigenvalue weighted by atomic mass is 35.5. The Labute approximate surface area is 156 Å². The van der Waals surface area contributed by atoms with Gasteiger partial charge in [0.2, 0.25) is 5.91 Å². The summed E-state index contributed by atoms with van der Waals surface area (Å²) >= 11 is 7.65. The Balaban J connectivity index is 1.73. The molecule has 1 aromatic heterocycles. The van der Waals surface area contributed by atoms with Gasteiger partial charge in [-0.2, -0.15) is 0 Å². The molecule has 3 rings (SSSR count). The Morgan fingerprint density at radius 3 is 3.04 bits per heavy atom. The third kappa shape index (κ3) is 5.20. The van der Waals surface area contributed by atoms with Crippen LogP contribution in [0.5, 0.6) is 0 Å². The summed E-state index contributed by atoms with van der Waals surface area (Å²) in [7, 11) is 0. The molecule has 1 aromatic carbocycles. The predicted octanol–water partition coefficient (Wildman–Crippen LogP) is 2.82. The fourth-order valence-electron chi connectivity index (χ4n) is 2.80. The molecule has 0 radical (unpaired) electrons. The first-order chi connectivity index (χ1) is 12.1. The first-order valence-electron chi connectivity index (χ1n) is 8.31. The van der Waals surface area contributed by atoms with Gasteiger partial charge in [-0.1, -0.05) is 35.5 Å². The van der Waals surface area contributed by atoms with E-state index in [0.717, 1.165) is 46.8 Å². The maximum Gasteiger partial charge on any atom is 0.217 e. The second-order valence-corrected chi connectivity index (χ2v) is 7.41. The number of carbonyl (C=O) groups is 1. The van der Waals surface area contributed by atoms with E-state index in [1.807, 2.05) is 24.3 Å². The lowest BCUT2D eigenvalue weighted by atomic mass is 10.2. The van der Waals surface area contributed by atoms with Gasteiger partial charge in [0.15, 0.2) is 5.16 Å². The van der Waals surface area contributed by atoms with Gasteiger partial charge in [0.05, 0.1) is 12.6 Å². The van der Waals surface area contributed by atoms with Crippen molar-refractivity contribution in [2.45, 2.75) is 49.2 Å². The molecule has 6 nitrogen and oxygen atoms in total. The smallest absolute Gasteiger partial charge is 0.217 e. The van der Waals surface area contributed by atoms with Crippen molar-refractivity contribution in [3.63, 3.8) is 0 Å². The number of rotatable bonds is 8. The van der Waals surface area contributed by atoms with Crippen molar-refractivity contribution in [3.05, 3.63) is 40.7 Å². The molecule has 2 aromatic rings. The molecule has 1 aliphatic heterocycles. The molecule has 0 saturated carbocycles. The molecule has 0 unspecified atom stereocenters. The summed E-state index contributed by atoms with van der Waals surface area (Å²) in [5, 5.41) is 10.1. The van der Waals surface area contributed by atoms with E-state index in [9.17, 15) is 4.79 Å². The van der Waals surface area contributed by atoms with Gasteiger partial charge in [0.1, 0.15) is 5.82 Å². The number of primary amides is 1. The molecular weight excluding hydrogens is 360 g/mol. The van der Waals surface area contributed by atoms with Crippen molar-refractivity contribution in [1.82, 2.24) is 14.8 Å². The van der Waals surface area contributed by atoms with Crippen LogP contribution in [0.2, 0.25) is 5.02 Å². The van der Waals surface area contributed by atoms with Crippen molar-refractivity contribution in [2.24, 2.45) is 5.73 Å². The Morgan fingerprint density at radius 2 is 2.32 bits per heavy atom. The third-order valence-electron chi connectivity index (χ3n) is 4.06. The zero-order valence-corrected chi connectivity index (χ0v) is 15.4. The average molecular weight is 381 g/mol. The number of nitrogens with two attached hydrogens (primary N) is 1. The molecule has 1 saturated heterocycles. The van der Waals surface area contributed by atoms with Gasteiger partial charge < -0.3 is 15.0 Å². The topological polar surface area (TPSA) is 83.0 Å². The Bertz CT molecular complexity index is 731. The van der Waals surface area contributed by atoms with Crippen molar-refractivity contribution in [2.75, 3.05) is 6.61 Å². The largest absolute Gasteiger partial charge is 0.376 e. The fourth-order valence-corrected chi connectivity index (χ4v) is 3.92. The lowest BCUT2D eigenvalue weighted by Crippen LogP contribution is -2.19. The van der Waals surface area contributed by atoms with Gasteiger partial charge in [-0.15, -0.1) is 10.2 Å². The SMILES string of the molecule is NC(=O)CCc1nnc(SCc2cccc(Cl)c2)n1C[C@H]1CCCO1. The van der Waals surface area contributed by atoms with Gasteiger partial charge in [0, 0.05) is 30.2 Å². The quantitative estimate of drug-likeness (QED) is 0.712. The minimum atomic E-state index is -0.334. The molecule has 0 aliphatic carbocycles. The number of hydrogen-bond donors (Lipinski definition) is 1. The molecular formula is C17H21ClN4O2S. The number of carbonyl (C=O) groups excluding carboxylic acids is 1. The first-order valence-corrected chi connectivity index (χ1v) is 9.67. The van der Waals surface area contributed by atoms with E-state index in [1.165, 1.54) is 0 Å². The summed E-state index contributed by atoms with van der Waals surface area (Å²) in [4.78, 5) is 11.1. The van der Waals surface area contributed by atoms with Gasteiger partial charge in [-0.25, -0.2) is 0 Å². The molecule has 2 heterocycles. The van der Waals surface area contributed by atoms with Crippen molar-refractivity contribution >= 4 is 29.3 Å². The fraction of sp³-hybridized carbons (Fsp3) is 0.471. The maximum atomic E-state index is 11.1. The van der Waals surface area contributed by atoms with Crippen LogP contribution < -0.4 is 5.73 Å². The van der Waals surface area contributed by atoms with Crippen LogP contribution in [-0.2, 0) is 28.2 Å². The van der Waals surface area contributed by atoms with E-state index >= 15 is 0 Å². The molecule has 0 bridgehead atoms. The number of aromatic nitrogens is 3. The van der Waals surface area contributed by atoms with E-state index < -0.39 is 0 Å². The predicted molar refractivity (Wildman–Crippen MR) is 97.5 cm³/mol. The number of hydrogen-bond acceptors (Lipinski definition) is 5. The van der Waals surface area contributed by atoms with Crippen LogP contribution in [0.4, 0.5) is 0 Å². The number of nitrogens with zero attached hydrogens (tertiary/aromatic N) is 3. The monoisotopic (exact) mass is 380 g/mol. The minimum absolute atomic E-state index is 0.175. The molecule has 1 fully saturated rings. The normalized spacial score (nSPS) is 17.1. The van der Waals surface area contributed by atoms with Gasteiger partial charge >= 0.3 is 0 Å². The van der Waals surface area contributed by atoms with Crippen LogP contribution in [-0.4, -0.2) is 33.4 Å². The molecule has 1 amide bonds. The van der Waals surface area contributed by atoms with Crippen LogP contribution in [0, 0.1) is 0 Å². The van der Waals surface area contributed by atoms with Crippen molar-refractivity contribution in [1.29, 1.82) is 0 Å². The van der Waals surface area contributed by atoms with Crippen LogP contribution in [0.1, 0.15) is 30.7 Å². The standard InChI is InChI=1S/C17H21ClN4O2S/c18-13-4-1-3-12(9-13)11-25-17-21-20-16(7-6-15(19)23)22(17)10-14-5-2-8-24-14/h1,3-4,9,14H,2,5-8,10-11H2,(H2,19,23)/t14-/m1/s1. The van der Waals surface area contributed by atoms with E-state index in [-0.39, 0.29) is 18.4 Å². The van der Waals surface area contributed by atoms with Gasteiger partial charge in [0.25, 0.3) is 0 Å². The van der Waals surface area contributed by atoms with E-state index in [4.69, 9.17) is 22.1 Å². The van der Waals surface area contributed by atoms with Crippen molar-refractivity contribution in [3.8, 4) is 0 Å². The number of ether oxygens (including phenoxy) is 1. The zero-order chi connectivity index (χ0) is 17.6. The number of aryl methyl sites for hydroxylation is 1. The summed E-state index contributed by atoms with van der Waals surface area (Å²) in [6.07, 6.45) is 3.05. The summed E-state index contributed by atoms with van der Waals surface area (Å²) < 4.78 is 7.81. The van der Waals surface area contributed by atoms with Crippen LogP contribution >= 0.6 is 23.4 Å². The molecule has 1 aliphatic rings. The third-order valence-corrected chi connectivity index (χ3v) is 5.33. The number of benzene rings is 1. The van der Waals surface area contributed by atoms with E-state index in [1.54, 1.807) is 11.8 Å². The van der Waals surface area contributed by atoms with E-state index in [2.05, 4.69) is 14.8 Å². The van der Waals surface area contributed by atoms with Crippen LogP contribution in [0.3, 0.4) is 0 Å². The van der Waals surface area contributed by atoms with Crippen LogP contribution in [0.15, 0.2) is 29.4 Å². The second kappa shape index (κ2) is 8.69. The van der Waals surface area contributed by atoms with E-state index in [0.29, 0.717) is 13.0 Å². The number of halogens is 1. The van der Waals surface area contributed by atoms with Crippen molar-refractivity contribution < 1.29 is 9.53 Å². The molecule has 25 heavy (non-hydrogen) atoms. The Morgan fingerprint density at radius 1 is 1.44 bits per heavy atom. The summed E-state index contributed by atoms with van der Waals surface area (Å²) in [6.45, 7) is 1.51. The average Bonchev–Trinajstić information content (AvgIpc) is 3.22. The lowest BCUT2D eigenvalue weighted by molar-refractivity contribution is -0.118. The molecule has 8 heteroatoms. The zero-order valence-electron chi connectivity index (χ0n) is 13.9. The Kier molecular flexibility index (Phi) is 6.34. The van der Waals surface area contributed by atoms with Gasteiger partial charge in [-0.05, 0) is 30.5 Å². The molecule has 134 valence electrons.